The number of nitrogens with one attached hydrogen (secondary N) is 2. The second-order valence-electron chi connectivity index (χ2n) is 4.95. The number of nitro benzene ring substituents is 1. The van der Waals surface area contributed by atoms with Crippen LogP contribution in [0, 0.1) is 10.1 Å². The van der Waals surface area contributed by atoms with Gasteiger partial charge in [-0.2, -0.15) is 15.2 Å². The minimum Gasteiger partial charge on any atom is -0.490 e. The van der Waals surface area contributed by atoms with E-state index in [9.17, 15) is 14.9 Å². The van der Waals surface area contributed by atoms with E-state index in [0.717, 1.165) is 0 Å². The lowest BCUT2D eigenvalue weighted by atomic mass is 10.2. The van der Waals surface area contributed by atoms with Crippen LogP contribution < -0.4 is 20.6 Å². The van der Waals surface area contributed by atoms with Crippen LogP contribution in [0.1, 0.15) is 25.8 Å². The van der Waals surface area contributed by atoms with Gasteiger partial charge in [-0.1, -0.05) is 6.92 Å². The summed E-state index contributed by atoms with van der Waals surface area (Å²) >= 11 is 0. The van der Waals surface area contributed by atoms with Gasteiger partial charge >= 0.3 is 11.4 Å². The molecule has 0 atom stereocenters. The number of H-pyrrole nitrogens is 1. The van der Waals surface area contributed by atoms with Gasteiger partial charge in [0.2, 0.25) is 5.75 Å². The number of hydrogen-bond donors (Lipinski definition) is 2. The number of nitrogens with zero attached hydrogens (tertiary/aromatic N) is 4. The monoisotopic (exact) mass is 362 g/mol. The van der Waals surface area contributed by atoms with Crippen molar-refractivity contribution in [1.29, 1.82) is 0 Å². The molecular formula is C15H18N6O5. The molecule has 11 heteroatoms. The Kier molecular flexibility index (Phi) is 6.60. The third-order valence-corrected chi connectivity index (χ3v) is 2.97. The minimum atomic E-state index is -0.628. The summed E-state index contributed by atoms with van der Waals surface area (Å²) in [5.41, 5.74) is 2.08. The first-order chi connectivity index (χ1) is 12.5. The first-order valence-corrected chi connectivity index (χ1v) is 7.84. The number of rotatable bonds is 9. The lowest BCUT2D eigenvalue weighted by molar-refractivity contribution is -0.386. The van der Waals surface area contributed by atoms with E-state index in [2.05, 4.69) is 25.7 Å². The number of hydrogen-bond acceptors (Lipinski definition) is 9. The lowest BCUT2D eigenvalue weighted by Crippen LogP contribution is -2.13. The van der Waals surface area contributed by atoms with Gasteiger partial charge in [-0.25, -0.2) is 9.89 Å². The van der Waals surface area contributed by atoms with Crippen LogP contribution in [0.15, 0.2) is 28.2 Å². The number of benzene rings is 1. The predicted molar refractivity (Wildman–Crippen MR) is 93.9 cm³/mol. The van der Waals surface area contributed by atoms with Crippen molar-refractivity contribution in [2.24, 2.45) is 5.10 Å². The van der Waals surface area contributed by atoms with Crippen LogP contribution in [-0.4, -0.2) is 39.5 Å². The van der Waals surface area contributed by atoms with E-state index in [4.69, 9.17) is 9.47 Å². The first-order valence-electron chi connectivity index (χ1n) is 7.84. The highest BCUT2D eigenvalue weighted by atomic mass is 16.6. The Bertz CT molecular complexity index is 851. The van der Waals surface area contributed by atoms with Gasteiger partial charge < -0.3 is 9.47 Å². The van der Waals surface area contributed by atoms with Crippen LogP contribution >= 0.6 is 0 Å². The molecule has 0 aliphatic rings. The molecule has 11 nitrogen and oxygen atoms in total. The number of nitro groups is 1. The SMILES string of the molecule is CCCOc1c(OCC)cc(/C=N/Nc2cn[nH]c(=O)n2)cc1[N+](=O)[O-]. The molecule has 0 fully saturated rings. The molecule has 2 N–H and O–H groups in total. The summed E-state index contributed by atoms with van der Waals surface area (Å²) in [5, 5.41) is 21.0. The van der Waals surface area contributed by atoms with Gasteiger partial charge in [0.25, 0.3) is 0 Å². The van der Waals surface area contributed by atoms with Crippen LogP contribution in [0.4, 0.5) is 11.5 Å². The average molecular weight is 362 g/mol. The maximum absolute atomic E-state index is 11.4. The highest BCUT2D eigenvalue weighted by Crippen LogP contribution is 2.38. The van der Waals surface area contributed by atoms with E-state index < -0.39 is 10.6 Å². The molecule has 1 aromatic heterocycles. The van der Waals surface area contributed by atoms with Crippen LogP contribution in [0.5, 0.6) is 11.5 Å². The van der Waals surface area contributed by atoms with Crippen molar-refractivity contribution in [1.82, 2.24) is 15.2 Å². The average Bonchev–Trinajstić information content (AvgIpc) is 2.60. The fraction of sp³-hybridized carbons (Fsp3) is 0.333. The summed E-state index contributed by atoms with van der Waals surface area (Å²) in [4.78, 5) is 25.5. The molecule has 0 saturated heterocycles. The summed E-state index contributed by atoms with van der Waals surface area (Å²) in [5.74, 6) is 0.476. The van der Waals surface area contributed by atoms with E-state index >= 15 is 0 Å². The maximum atomic E-state index is 11.4. The molecule has 0 unspecified atom stereocenters. The van der Waals surface area contributed by atoms with E-state index in [-0.39, 0.29) is 23.0 Å². The standard InChI is InChI=1S/C15H18N6O5/c1-3-5-26-14-11(21(23)24)6-10(7-12(14)25-4-2)8-16-19-13-9-17-20-15(22)18-13/h6-9H,3-5H2,1-2H3,(H2,18,19,20,22)/b16-8+. The third kappa shape index (κ3) is 5.00. The fourth-order valence-electron chi connectivity index (χ4n) is 1.97. The summed E-state index contributed by atoms with van der Waals surface area (Å²) in [6, 6.07) is 2.90. The van der Waals surface area contributed by atoms with Gasteiger partial charge in [-0.15, -0.1) is 0 Å². The van der Waals surface area contributed by atoms with E-state index in [0.29, 0.717) is 25.2 Å². The molecule has 0 saturated carbocycles. The van der Waals surface area contributed by atoms with Crippen LogP contribution in [-0.2, 0) is 0 Å². The quantitative estimate of drug-likeness (QED) is 0.389. The normalized spacial score (nSPS) is 10.7. The van der Waals surface area contributed by atoms with Gasteiger partial charge in [0.05, 0.1) is 30.5 Å². The Morgan fingerprint density at radius 2 is 2.19 bits per heavy atom. The van der Waals surface area contributed by atoms with Crippen LogP contribution in [0.3, 0.4) is 0 Å². The van der Waals surface area contributed by atoms with Gasteiger partial charge in [-0.05, 0) is 19.4 Å². The summed E-state index contributed by atoms with van der Waals surface area (Å²) in [6.45, 7) is 4.32. The van der Waals surface area contributed by atoms with E-state index in [1.165, 1.54) is 18.5 Å². The number of aromatic nitrogens is 3. The van der Waals surface area contributed by atoms with Crippen LogP contribution in [0.2, 0.25) is 0 Å². The van der Waals surface area contributed by atoms with Crippen molar-refractivity contribution < 1.29 is 14.4 Å². The van der Waals surface area contributed by atoms with Crippen molar-refractivity contribution in [3.8, 4) is 11.5 Å². The Labute approximate surface area is 148 Å². The topological polar surface area (TPSA) is 145 Å². The van der Waals surface area contributed by atoms with Crippen molar-refractivity contribution in [3.05, 3.63) is 44.5 Å². The summed E-state index contributed by atoms with van der Waals surface area (Å²) in [7, 11) is 0. The highest BCUT2D eigenvalue weighted by molar-refractivity contribution is 5.83. The molecule has 2 aromatic rings. The van der Waals surface area contributed by atoms with E-state index in [1.807, 2.05) is 6.92 Å². The number of anilines is 1. The zero-order chi connectivity index (χ0) is 18.9. The van der Waals surface area contributed by atoms with Gasteiger partial charge in [0, 0.05) is 11.6 Å². The molecule has 0 radical (unpaired) electrons. The lowest BCUT2D eigenvalue weighted by Gasteiger charge is -2.12. The Balaban J connectivity index is 2.31. The van der Waals surface area contributed by atoms with Gasteiger partial charge in [0.1, 0.15) is 0 Å². The second-order valence-corrected chi connectivity index (χ2v) is 4.95. The molecule has 1 heterocycles. The van der Waals surface area contributed by atoms with Gasteiger partial charge in [0.15, 0.2) is 11.6 Å². The smallest absolute Gasteiger partial charge is 0.363 e. The predicted octanol–water partition coefficient (Wildman–Crippen LogP) is 1.71. The Hall–Kier alpha value is -3.50. The molecule has 0 aliphatic heterocycles. The van der Waals surface area contributed by atoms with Gasteiger partial charge in [-0.3, -0.25) is 15.5 Å². The third-order valence-electron chi connectivity index (χ3n) is 2.97. The van der Waals surface area contributed by atoms with Crippen molar-refractivity contribution >= 4 is 17.7 Å². The molecule has 26 heavy (non-hydrogen) atoms. The van der Waals surface area contributed by atoms with Crippen molar-refractivity contribution in [2.75, 3.05) is 18.6 Å². The molecule has 0 amide bonds. The zero-order valence-corrected chi connectivity index (χ0v) is 14.3. The number of ether oxygens (including phenoxy) is 2. The molecule has 0 aliphatic carbocycles. The molecule has 0 bridgehead atoms. The maximum Gasteiger partial charge on any atom is 0.363 e. The number of hydrazone groups is 1. The molecule has 2 rings (SSSR count). The number of aromatic amines is 1. The molecule has 138 valence electrons. The van der Waals surface area contributed by atoms with Crippen molar-refractivity contribution in [3.63, 3.8) is 0 Å². The summed E-state index contributed by atoms with van der Waals surface area (Å²) in [6.07, 6.45) is 3.31. The minimum absolute atomic E-state index is 0.0873. The second kappa shape index (κ2) is 9.11. The molecule has 1 aromatic carbocycles. The Morgan fingerprint density at radius 3 is 2.85 bits per heavy atom. The first kappa shape index (κ1) is 18.8. The molecule has 0 spiro atoms. The zero-order valence-electron chi connectivity index (χ0n) is 14.3. The largest absolute Gasteiger partial charge is 0.490 e. The van der Waals surface area contributed by atoms with Crippen molar-refractivity contribution in [2.45, 2.75) is 20.3 Å². The van der Waals surface area contributed by atoms with Crippen LogP contribution in [0.25, 0.3) is 0 Å². The fourth-order valence-corrected chi connectivity index (χ4v) is 1.97. The summed E-state index contributed by atoms with van der Waals surface area (Å²) < 4.78 is 11.0. The van der Waals surface area contributed by atoms with E-state index in [1.54, 1.807) is 13.0 Å². The Morgan fingerprint density at radius 1 is 1.38 bits per heavy atom. The molecular weight excluding hydrogens is 344 g/mol. The highest BCUT2D eigenvalue weighted by Gasteiger charge is 2.22.